The molecule has 0 aliphatic heterocycles. The van der Waals surface area contributed by atoms with Gasteiger partial charge in [0.1, 0.15) is 11.9 Å². The molecule has 1 aromatic carbocycles. The van der Waals surface area contributed by atoms with Crippen molar-refractivity contribution in [1.82, 2.24) is 0 Å². The van der Waals surface area contributed by atoms with Gasteiger partial charge in [0.25, 0.3) is 0 Å². The van der Waals surface area contributed by atoms with Crippen molar-refractivity contribution in [1.29, 1.82) is 0 Å². The topological polar surface area (TPSA) is 29.5 Å². The molecule has 0 unspecified atom stereocenters. The maximum absolute atomic E-state index is 9.69. The third-order valence-corrected chi connectivity index (χ3v) is 3.04. The maximum atomic E-state index is 9.69. The van der Waals surface area contributed by atoms with Crippen molar-refractivity contribution in [3.63, 3.8) is 0 Å². The zero-order valence-electron chi connectivity index (χ0n) is 9.36. The van der Waals surface area contributed by atoms with Gasteiger partial charge in [0.15, 0.2) is 0 Å². The molecule has 82 valence electrons. The molecule has 2 heteroatoms. The fraction of sp³-hybridized carbons (Fsp3) is 0.538. The Hall–Kier alpha value is -1.02. The molecule has 1 N–H and O–H groups in total. The SMILES string of the molecule is Cc1ccc(C)c(O[C@@H]2CCC[C@H]2O)c1. The molecule has 1 aromatic rings. The second kappa shape index (κ2) is 4.23. The molecule has 1 aliphatic carbocycles. The van der Waals surface area contributed by atoms with Gasteiger partial charge in [0.05, 0.1) is 6.10 Å². The Kier molecular flexibility index (Phi) is 2.96. The normalized spacial score (nSPS) is 25.5. The van der Waals surface area contributed by atoms with Crippen LogP contribution in [0.1, 0.15) is 30.4 Å². The molecule has 1 saturated carbocycles. The minimum absolute atomic E-state index is 0.00880. The number of aryl methyl sites for hydroxylation is 2. The quantitative estimate of drug-likeness (QED) is 0.806. The van der Waals surface area contributed by atoms with Crippen LogP contribution >= 0.6 is 0 Å². The monoisotopic (exact) mass is 206 g/mol. The Bertz CT molecular complexity index is 346. The van der Waals surface area contributed by atoms with E-state index in [1.54, 1.807) is 0 Å². The molecular weight excluding hydrogens is 188 g/mol. The molecule has 1 aliphatic rings. The number of ether oxygens (including phenoxy) is 1. The predicted octanol–water partition coefficient (Wildman–Crippen LogP) is 2.60. The fourth-order valence-corrected chi connectivity index (χ4v) is 2.04. The number of hydrogen-bond donors (Lipinski definition) is 1. The van der Waals surface area contributed by atoms with Gasteiger partial charge in [-0.2, -0.15) is 0 Å². The molecule has 0 heterocycles. The summed E-state index contributed by atoms with van der Waals surface area (Å²) in [6.07, 6.45) is 2.61. The molecule has 0 amide bonds. The molecule has 2 atom stereocenters. The highest BCUT2D eigenvalue weighted by molar-refractivity contribution is 5.36. The van der Waals surface area contributed by atoms with Gasteiger partial charge in [-0.15, -0.1) is 0 Å². The van der Waals surface area contributed by atoms with Crippen molar-refractivity contribution in [2.75, 3.05) is 0 Å². The lowest BCUT2D eigenvalue weighted by atomic mass is 10.1. The lowest BCUT2D eigenvalue weighted by molar-refractivity contribution is 0.0599. The molecule has 15 heavy (non-hydrogen) atoms. The third-order valence-electron chi connectivity index (χ3n) is 3.04. The summed E-state index contributed by atoms with van der Waals surface area (Å²) < 4.78 is 5.85. The highest BCUT2D eigenvalue weighted by Crippen LogP contribution is 2.27. The van der Waals surface area contributed by atoms with Crippen molar-refractivity contribution in [2.45, 2.75) is 45.3 Å². The van der Waals surface area contributed by atoms with Crippen molar-refractivity contribution in [3.8, 4) is 5.75 Å². The molecule has 2 nitrogen and oxygen atoms in total. The van der Waals surface area contributed by atoms with Gasteiger partial charge in [0, 0.05) is 0 Å². The van der Waals surface area contributed by atoms with E-state index in [2.05, 4.69) is 19.1 Å². The minimum atomic E-state index is -0.287. The van der Waals surface area contributed by atoms with Gasteiger partial charge in [-0.3, -0.25) is 0 Å². The van der Waals surface area contributed by atoms with E-state index in [0.29, 0.717) is 0 Å². The van der Waals surface area contributed by atoms with Crippen LogP contribution in [0.3, 0.4) is 0 Å². The molecule has 0 aromatic heterocycles. The average molecular weight is 206 g/mol. The predicted molar refractivity (Wildman–Crippen MR) is 60.2 cm³/mol. The highest BCUT2D eigenvalue weighted by atomic mass is 16.5. The van der Waals surface area contributed by atoms with E-state index in [0.717, 1.165) is 30.6 Å². The number of aliphatic hydroxyl groups excluding tert-OH is 1. The molecule has 0 radical (unpaired) electrons. The van der Waals surface area contributed by atoms with Crippen molar-refractivity contribution >= 4 is 0 Å². The van der Waals surface area contributed by atoms with Crippen LogP contribution in [0.15, 0.2) is 18.2 Å². The van der Waals surface area contributed by atoms with Gasteiger partial charge in [0.2, 0.25) is 0 Å². The first-order valence-corrected chi connectivity index (χ1v) is 5.59. The molecular formula is C13H18O2. The Morgan fingerprint density at radius 3 is 2.73 bits per heavy atom. The summed E-state index contributed by atoms with van der Waals surface area (Å²) in [5.41, 5.74) is 2.34. The minimum Gasteiger partial charge on any atom is -0.487 e. The van der Waals surface area contributed by atoms with Gasteiger partial charge >= 0.3 is 0 Å². The van der Waals surface area contributed by atoms with E-state index in [1.807, 2.05) is 13.0 Å². The maximum Gasteiger partial charge on any atom is 0.124 e. The van der Waals surface area contributed by atoms with E-state index < -0.39 is 0 Å². The van der Waals surface area contributed by atoms with Crippen LogP contribution in [0.5, 0.6) is 5.75 Å². The Balaban J connectivity index is 2.12. The zero-order valence-corrected chi connectivity index (χ0v) is 9.36. The second-order valence-corrected chi connectivity index (χ2v) is 4.42. The summed E-state index contributed by atoms with van der Waals surface area (Å²) >= 11 is 0. The number of rotatable bonds is 2. The van der Waals surface area contributed by atoms with Crippen molar-refractivity contribution in [2.24, 2.45) is 0 Å². The van der Waals surface area contributed by atoms with E-state index in [4.69, 9.17) is 4.74 Å². The first kappa shape index (κ1) is 10.5. The first-order valence-electron chi connectivity index (χ1n) is 5.59. The van der Waals surface area contributed by atoms with Crippen LogP contribution < -0.4 is 4.74 Å². The molecule has 0 bridgehead atoms. The Morgan fingerprint density at radius 2 is 2.07 bits per heavy atom. The van der Waals surface area contributed by atoms with Gasteiger partial charge in [-0.05, 0) is 50.3 Å². The average Bonchev–Trinajstić information content (AvgIpc) is 2.58. The second-order valence-electron chi connectivity index (χ2n) is 4.42. The summed E-state index contributed by atoms with van der Waals surface area (Å²) in [7, 11) is 0. The van der Waals surface area contributed by atoms with E-state index >= 15 is 0 Å². The lowest BCUT2D eigenvalue weighted by Crippen LogP contribution is -2.25. The van der Waals surface area contributed by atoms with E-state index in [-0.39, 0.29) is 12.2 Å². The summed E-state index contributed by atoms with van der Waals surface area (Å²) in [5, 5.41) is 9.69. The van der Waals surface area contributed by atoms with Crippen LogP contribution in [0, 0.1) is 13.8 Å². The van der Waals surface area contributed by atoms with Gasteiger partial charge in [-0.25, -0.2) is 0 Å². The molecule has 2 rings (SSSR count). The number of hydrogen-bond acceptors (Lipinski definition) is 2. The summed E-state index contributed by atoms with van der Waals surface area (Å²) in [6.45, 7) is 4.09. The smallest absolute Gasteiger partial charge is 0.124 e. The van der Waals surface area contributed by atoms with Crippen LogP contribution in [-0.2, 0) is 0 Å². The van der Waals surface area contributed by atoms with E-state index in [1.165, 1.54) is 5.56 Å². The standard InChI is InChI=1S/C13H18O2/c1-9-6-7-10(2)13(8-9)15-12-5-3-4-11(12)14/h6-8,11-12,14H,3-5H2,1-2H3/t11-,12-/m1/s1. The van der Waals surface area contributed by atoms with Crippen LogP contribution in [0.2, 0.25) is 0 Å². The zero-order chi connectivity index (χ0) is 10.8. The van der Waals surface area contributed by atoms with E-state index in [9.17, 15) is 5.11 Å². The Labute approximate surface area is 90.9 Å². The Morgan fingerprint density at radius 1 is 1.27 bits per heavy atom. The molecule has 0 spiro atoms. The molecule has 1 fully saturated rings. The van der Waals surface area contributed by atoms with Crippen LogP contribution in [0.4, 0.5) is 0 Å². The number of benzene rings is 1. The lowest BCUT2D eigenvalue weighted by Gasteiger charge is -2.18. The largest absolute Gasteiger partial charge is 0.487 e. The van der Waals surface area contributed by atoms with Crippen molar-refractivity contribution < 1.29 is 9.84 Å². The first-order chi connectivity index (χ1) is 7.16. The fourth-order valence-electron chi connectivity index (χ4n) is 2.04. The van der Waals surface area contributed by atoms with Gasteiger partial charge < -0.3 is 9.84 Å². The van der Waals surface area contributed by atoms with Crippen LogP contribution in [0.25, 0.3) is 0 Å². The third kappa shape index (κ3) is 2.32. The van der Waals surface area contributed by atoms with Crippen LogP contribution in [-0.4, -0.2) is 17.3 Å². The summed E-state index contributed by atoms with van der Waals surface area (Å²) in [6, 6.07) is 6.18. The summed E-state index contributed by atoms with van der Waals surface area (Å²) in [4.78, 5) is 0. The molecule has 0 saturated heterocycles. The number of aliphatic hydroxyl groups is 1. The van der Waals surface area contributed by atoms with Gasteiger partial charge in [-0.1, -0.05) is 12.1 Å². The highest BCUT2D eigenvalue weighted by Gasteiger charge is 2.27. The summed E-state index contributed by atoms with van der Waals surface area (Å²) in [5.74, 6) is 0.918. The van der Waals surface area contributed by atoms with Crippen molar-refractivity contribution in [3.05, 3.63) is 29.3 Å².